The zero-order valence-electron chi connectivity index (χ0n) is 11.2. The lowest BCUT2D eigenvalue weighted by Crippen LogP contribution is -2.42. The first kappa shape index (κ1) is 15.8. The lowest BCUT2D eigenvalue weighted by atomic mass is 10.00. The van der Waals surface area contributed by atoms with Crippen molar-refractivity contribution in [2.24, 2.45) is 5.92 Å². The zero-order chi connectivity index (χ0) is 13.6. The second kappa shape index (κ2) is 7.34. The Labute approximate surface area is 107 Å². The molecule has 18 heavy (non-hydrogen) atoms. The van der Waals surface area contributed by atoms with Gasteiger partial charge in [-0.25, -0.2) is 0 Å². The lowest BCUT2D eigenvalue weighted by molar-refractivity contribution is -0.136. The molecule has 5 heteroatoms. The fourth-order valence-corrected chi connectivity index (χ4v) is 2.37. The molecule has 0 aliphatic heterocycles. The molecule has 0 amide bonds. The molecule has 108 valence electrons. The summed E-state index contributed by atoms with van der Waals surface area (Å²) in [7, 11) is 0. The van der Waals surface area contributed by atoms with Crippen LogP contribution in [0, 0.1) is 5.92 Å². The zero-order valence-corrected chi connectivity index (χ0v) is 11.2. The van der Waals surface area contributed by atoms with Crippen molar-refractivity contribution in [2.75, 3.05) is 13.2 Å². The summed E-state index contributed by atoms with van der Waals surface area (Å²) in [5, 5.41) is 3.28. The second-order valence-electron chi connectivity index (χ2n) is 4.93. The van der Waals surface area contributed by atoms with Crippen LogP contribution in [0.4, 0.5) is 13.2 Å². The van der Waals surface area contributed by atoms with Crippen LogP contribution >= 0.6 is 0 Å². The van der Waals surface area contributed by atoms with Gasteiger partial charge in [0.1, 0.15) is 0 Å². The molecule has 2 unspecified atom stereocenters. The number of alkyl halides is 3. The normalized spacial score (nSPS) is 19.8. The highest BCUT2D eigenvalue weighted by molar-refractivity contribution is 4.90. The Morgan fingerprint density at radius 2 is 1.94 bits per heavy atom. The van der Waals surface area contributed by atoms with Crippen LogP contribution in [0.15, 0.2) is 0 Å². The summed E-state index contributed by atoms with van der Waals surface area (Å²) in [5.74, 6) is 0.542. The minimum absolute atomic E-state index is 0.0600. The van der Waals surface area contributed by atoms with Gasteiger partial charge in [-0.1, -0.05) is 6.92 Å². The van der Waals surface area contributed by atoms with E-state index in [0.29, 0.717) is 18.9 Å². The van der Waals surface area contributed by atoms with Gasteiger partial charge < -0.3 is 10.1 Å². The quantitative estimate of drug-likeness (QED) is 0.690. The van der Waals surface area contributed by atoms with E-state index in [1.807, 2.05) is 13.8 Å². The number of nitrogens with one attached hydrogen (secondary N) is 1. The lowest BCUT2D eigenvalue weighted by Gasteiger charge is -2.28. The van der Waals surface area contributed by atoms with Gasteiger partial charge in [0.2, 0.25) is 0 Å². The molecule has 0 bridgehead atoms. The van der Waals surface area contributed by atoms with Crippen molar-refractivity contribution in [3.8, 4) is 0 Å². The largest absolute Gasteiger partial charge is 0.389 e. The predicted octanol–water partition coefficient (Wildman–Crippen LogP) is 3.51. The number of ether oxygens (including phenoxy) is 1. The van der Waals surface area contributed by atoms with Gasteiger partial charge in [-0.05, 0) is 45.1 Å². The minimum Gasteiger partial charge on any atom is -0.377 e. The Balaban J connectivity index is 2.41. The molecule has 2 atom stereocenters. The molecule has 1 aliphatic carbocycles. The molecule has 0 aromatic rings. The van der Waals surface area contributed by atoms with Crippen LogP contribution in [0.1, 0.15) is 46.0 Å². The van der Waals surface area contributed by atoms with Crippen molar-refractivity contribution in [3.63, 3.8) is 0 Å². The van der Waals surface area contributed by atoms with Crippen molar-refractivity contribution in [1.82, 2.24) is 5.32 Å². The van der Waals surface area contributed by atoms with Crippen molar-refractivity contribution < 1.29 is 17.9 Å². The van der Waals surface area contributed by atoms with Crippen LogP contribution in [0.5, 0.6) is 0 Å². The van der Waals surface area contributed by atoms with E-state index in [9.17, 15) is 13.2 Å². The highest BCUT2D eigenvalue weighted by Crippen LogP contribution is 2.37. The Morgan fingerprint density at radius 1 is 1.28 bits per heavy atom. The van der Waals surface area contributed by atoms with Gasteiger partial charge in [0.25, 0.3) is 0 Å². The summed E-state index contributed by atoms with van der Waals surface area (Å²) >= 11 is 0. The summed E-state index contributed by atoms with van der Waals surface area (Å²) in [4.78, 5) is 0. The Morgan fingerprint density at radius 3 is 2.39 bits per heavy atom. The highest BCUT2D eigenvalue weighted by atomic mass is 19.4. The molecule has 0 heterocycles. The standard InChI is InChI=1S/C13H24F3NO/c1-3-17-11(6-5-9-13(14,15)16)12(18-4-2)10-7-8-10/h10-12,17H,3-9H2,1-2H3. The first-order valence-corrected chi connectivity index (χ1v) is 6.89. The van der Waals surface area contributed by atoms with E-state index >= 15 is 0 Å². The monoisotopic (exact) mass is 267 g/mol. The molecule has 1 aliphatic rings. The maximum Gasteiger partial charge on any atom is 0.389 e. The van der Waals surface area contributed by atoms with Crippen LogP contribution < -0.4 is 5.32 Å². The molecule has 0 spiro atoms. The Bertz CT molecular complexity index is 229. The van der Waals surface area contributed by atoms with Gasteiger partial charge in [-0.15, -0.1) is 0 Å². The number of halogens is 3. The van der Waals surface area contributed by atoms with Gasteiger partial charge in [-0.3, -0.25) is 0 Å². The topological polar surface area (TPSA) is 21.3 Å². The van der Waals surface area contributed by atoms with Crippen molar-refractivity contribution >= 4 is 0 Å². The molecule has 1 rings (SSSR count). The molecule has 2 nitrogen and oxygen atoms in total. The van der Waals surface area contributed by atoms with Crippen LogP contribution in [0.2, 0.25) is 0 Å². The summed E-state index contributed by atoms with van der Waals surface area (Å²) in [6, 6.07) is 0.0600. The van der Waals surface area contributed by atoms with E-state index in [-0.39, 0.29) is 18.6 Å². The fourth-order valence-electron chi connectivity index (χ4n) is 2.37. The molecule has 0 aromatic carbocycles. The SMILES string of the molecule is CCNC(CCCC(F)(F)F)C(OCC)C1CC1. The van der Waals surface area contributed by atoms with Crippen molar-refractivity contribution in [3.05, 3.63) is 0 Å². The molecule has 1 saturated carbocycles. The predicted molar refractivity (Wildman–Crippen MR) is 65.5 cm³/mol. The molecule has 1 N–H and O–H groups in total. The molecular weight excluding hydrogens is 243 g/mol. The molecular formula is C13H24F3NO. The third-order valence-corrected chi connectivity index (χ3v) is 3.28. The van der Waals surface area contributed by atoms with E-state index in [2.05, 4.69) is 5.32 Å². The van der Waals surface area contributed by atoms with Crippen LogP contribution in [0.25, 0.3) is 0 Å². The number of hydrogen-bond donors (Lipinski definition) is 1. The number of rotatable bonds is 9. The first-order chi connectivity index (χ1) is 8.48. The Kier molecular flexibility index (Phi) is 6.43. The van der Waals surface area contributed by atoms with Gasteiger partial charge >= 0.3 is 6.18 Å². The van der Waals surface area contributed by atoms with E-state index < -0.39 is 12.6 Å². The summed E-state index contributed by atoms with van der Waals surface area (Å²) in [5.41, 5.74) is 0. The number of likely N-dealkylation sites (N-methyl/N-ethyl adjacent to an activating group) is 1. The third kappa shape index (κ3) is 6.05. The average Bonchev–Trinajstić information content (AvgIpc) is 3.07. The van der Waals surface area contributed by atoms with Gasteiger partial charge in [-0.2, -0.15) is 13.2 Å². The molecule has 0 aromatic heterocycles. The van der Waals surface area contributed by atoms with Crippen LogP contribution in [0.3, 0.4) is 0 Å². The van der Waals surface area contributed by atoms with Gasteiger partial charge in [0.15, 0.2) is 0 Å². The first-order valence-electron chi connectivity index (χ1n) is 6.89. The second-order valence-corrected chi connectivity index (χ2v) is 4.93. The van der Waals surface area contributed by atoms with Gasteiger partial charge in [0, 0.05) is 19.1 Å². The smallest absolute Gasteiger partial charge is 0.377 e. The van der Waals surface area contributed by atoms with E-state index in [4.69, 9.17) is 4.74 Å². The van der Waals surface area contributed by atoms with Crippen molar-refractivity contribution in [1.29, 1.82) is 0 Å². The molecule has 0 saturated heterocycles. The van der Waals surface area contributed by atoms with Gasteiger partial charge in [0.05, 0.1) is 6.10 Å². The highest BCUT2D eigenvalue weighted by Gasteiger charge is 2.37. The van der Waals surface area contributed by atoms with Crippen LogP contribution in [-0.2, 0) is 4.74 Å². The van der Waals surface area contributed by atoms with E-state index in [0.717, 1.165) is 19.4 Å². The maximum atomic E-state index is 12.2. The third-order valence-electron chi connectivity index (χ3n) is 3.28. The molecule has 0 radical (unpaired) electrons. The van der Waals surface area contributed by atoms with E-state index in [1.54, 1.807) is 0 Å². The maximum absolute atomic E-state index is 12.2. The summed E-state index contributed by atoms with van der Waals surface area (Å²) in [6.45, 7) is 5.32. The summed E-state index contributed by atoms with van der Waals surface area (Å²) < 4.78 is 42.2. The van der Waals surface area contributed by atoms with Crippen molar-refractivity contribution in [2.45, 2.75) is 64.3 Å². The number of hydrogen-bond acceptors (Lipinski definition) is 2. The van der Waals surface area contributed by atoms with Crippen LogP contribution in [-0.4, -0.2) is 31.5 Å². The summed E-state index contributed by atoms with van der Waals surface area (Å²) in [6.07, 6.45) is -1.65. The minimum atomic E-state index is -4.04. The fraction of sp³-hybridized carbons (Fsp3) is 1.00. The van der Waals surface area contributed by atoms with E-state index in [1.165, 1.54) is 0 Å². The molecule has 1 fully saturated rings. The Hall–Kier alpha value is -0.290. The average molecular weight is 267 g/mol.